The lowest BCUT2D eigenvalue weighted by Crippen LogP contribution is -2.59. The zero-order chi connectivity index (χ0) is 17.3. The van der Waals surface area contributed by atoms with Gasteiger partial charge >= 0.3 is 0 Å². The van der Waals surface area contributed by atoms with Gasteiger partial charge in [0.05, 0.1) is 11.9 Å². The van der Waals surface area contributed by atoms with E-state index in [1.165, 1.54) is 57.2 Å². The predicted octanol–water partition coefficient (Wildman–Crippen LogP) is 3.95. The van der Waals surface area contributed by atoms with Crippen LogP contribution in [0.4, 0.5) is 0 Å². The Balaban J connectivity index is 0.000000961. The first kappa shape index (κ1) is 20.1. The normalized spacial score (nSPS) is 41.5. The maximum atomic E-state index is 4.77. The highest BCUT2D eigenvalue weighted by molar-refractivity contribution is 5.85. The predicted molar refractivity (Wildman–Crippen MR) is 113 cm³/mol. The van der Waals surface area contributed by atoms with Crippen LogP contribution in [-0.4, -0.2) is 32.5 Å². The van der Waals surface area contributed by atoms with Crippen molar-refractivity contribution < 1.29 is 5.48 Å². The molecule has 0 amide bonds. The summed E-state index contributed by atoms with van der Waals surface area (Å²) in [5, 5.41) is 4.05. The van der Waals surface area contributed by atoms with E-state index in [1.54, 1.807) is 0 Å². The van der Waals surface area contributed by atoms with Crippen molar-refractivity contribution in [3.63, 3.8) is 0 Å². The maximum Gasteiger partial charge on any atom is 0.109 e. The van der Waals surface area contributed by atoms with Crippen LogP contribution in [0.25, 0.3) is 11.4 Å². The standard InChI is InChI=1S/C22H30N4.ClH.H2O/c1-13-4-17(21-24-12-19-18(26-21)2-3-23-19)8-20(25-13)22-9-14-5-15(10-22)7-16(6-14)11-22;;/h2-3,12-17,20,25H,4-11H2,1H3,(H,24,26);1H;1H2. The van der Waals surface area contributed by atoms with Gasteiger partial charge in [0.15, 0.2) is 0 Å². The number of H-pyrrole nitrogens is 1. The number of halogens is 1. The fraction of sp³-hybridized carbons (Fsp3) is 0.727. The van der Waals surface area contributed by atoms with E-state index in [1.807, 2.05) is 12.4 Å². The van der Waals surface area contributed by atoms with Crippen LogP contribution in [0.1, 0.15) is 70.0 Å². The molecule has 4 saturated carbocycles. The number of hydrogen-bond donors (Lipinski definition) is 2. The molecule has 7 rings (SSSR count). The van der Waals surface area contributed by atoms with Crippen molar-refractivity contribution in [1.82, 2.24) is 20.3 Å². The van der Waals surface area contributed by atoms with Crippen molar-refractivity contribution in [2.24, 2.45) is 23.2 Å². The fourth-order valence-electron chi connectivity index (χ4n) is 7.61. The number of nitrogens with one attached hydrogen (secondary N) is 2. The molecule has 3 unspecified atom stereocenters. The van der Waals surface area contributed by atoms with Gasteiger partial charge in [0.2, 0.25) is 0 Å². The molecule has 7 aliphatic rings. The molecule has 0 spiro atoms. The van der Waals surface area contributed by atoms with E-state index in [0.29, 0.717) is 23.4 Å². The summed E-state index contributed by atoms with van der Waals surface area (Å²) in [6.45, 7) is 2.38. The average molecular weight is 405 g/mol. The highest BCUT2D eigenvalue weighted by Crippen LogP contribution is 2.62. The molecule has 3 aliphatic heterocycles. The second-order valence-corrected chi connectivity index (χ2v) is 10.1. The minimum absolute atomic E-state index is 0. The zero-order valence-electron chi connectivity index (χ0n) is 16.7. The molecule has 1 saturated heterocycles. The van der Waals surface area contributed by atoms with Gasteiger partial charge in [0.25, 0.3) is 0 Å². The first-order valence-electron chi connectivity index (χ1n) is 10.7. The number of rotatable bonds is 2. The van der Waals surface area contributed by atoms with Crippen molar-refractivity contribution in [1.29, 1.82) is 0 Å². The van der Waals surface area contributed by atoms with Gasteiger partial charge in [-0.3, -0.25) is 4.98 Å². The van der Waals surface area contributed by atoms with Crippen molar-refractivity contribution in [2.45, 2.75) is 76.3 Å². The van der Waals surface area contributed by atoms with E-state index >= 15 is 0 Å². The van der Waals surface area contributed by atoms with Gasteiger partial charge in [-0.1, -0.05) is 0 Å². The van der Waals surface area contributed by atoms with Crippen LogP contribution in [0.3, 0.4) is 0 Å². The number of piperidine rings is 1. The smallest absolute Gasteiger partial charge is 0.109 e. The van der Waals surface area contributed by atoms with E-state index in [-0.39, 0.29) is 17.9 Å². The Labute approximate surface area is 173 Å². The molecule has 28 heavy (non-hydrogen) atoms. The van der Waals surface area contributed by atoms with Gasteiger partial charge in [-0.15, -0.1) is 12.4 Å². The van der Waals surface area contributed by atoms with E-state index in [2.05, 4.69) is 28.3 Å². The molecule has 6 heteroatoms. The highest BCUT2D eigenvalue weighted by atomic mass is 35.5. The largest absolute Gasteiger partial charge is 0.412 e. The van der Waals surface area contributed by atoms with Gasteiger partial charge < -0.3 is 15.8 Å². The Kier molecular flexibility index (Phi) is 5.22. The minimum Gasteiger partial charge on any atom is -0.412 e. The number of hydrogen-bond acceptors (Lipinski definition) is 3. The van der Waals surface area contributed by atoms with Gasteiger partial charge in [-0.05, 0) is 87.5 Å². The van der Waals surface area contributed by atoms with Crippen molar-refractivity contribution in [2.75, 3.05) is 0 Å². The molecule has 4 aliphatic carbocycles. The first-order valence-corrected chi connectivity index (χ1v) is 10.7. The van der Waals surface area contributed by atoms with Gasteiger partial charge in [0.1, 0.15) is 11.5 Å². The van der Waals surface area contributed by atoms with E-state index in [0.717, 1.165) is 29.1 Å². The topological polar surface area (TPSA) is 85.1 Å². The molecule has 5 fully saturated rings. The lowest BCUT2D eigenvalue weighted by Gasteiger charge is -2.61. The molecule has 0 aromatic rings. The number of aromatic nitrogens is 3. The minimum atomic E-state index is 0. The lowest BCUT2D eigenvalue weighted by molar-refractivity contribution is -0.0823. The summed E-state index contributed by atoms with van der Waals surface area (Å²) in [5.74, 6) is 4.79. The summed E-state index contributed by atoms with van der Waals surface area (Å²) < 4.78 is 0. The summed E-state index contributed by atoms with van der Waals surface area (Å²) in [6.07, 6.45) is 15.3. The second-order valence-electron chi connectivity index (χ2n) is 10.1. The van der Waals surface area contributed by atoms with Gasteiger partial charge in [-0.25, -0.2) is 4.98 Å². The third kappa shape index (κ3) is 3.16. The molecule has 154 valence electrons. The molecule has 0 radical (unpaired) electrons. The molecule has 4 N–H and O–H groups in total. The van der Waals surface area contributed by atoms with Crippen LogP contribution in [0, 0.1) is 23.2 Å². The Morgan fingerprint density at radius 2 is 1.64 bits per heavy atom. The van der Waals surface area contributed by atoms with E-state index < -0.39 is 0 Å². The highest BCUT2D eigenvalue weighted by Gasteiger charge is 2.55. The number of nitrogens with zero attached hydrogens (tertiary/aromatic N) is 2. The molecule has 3 heterocycles. The summed E-state index contributed by atoms with van der Waals surface area (Å²) in [6, 6.07) is 3.32. The quantitative estimate of drug-likeness (QED) is 0.794. The van der Waals surface area contributed by atoms with Crippen LogP contribution in [-0.2, 0) is 0 Å². The summed E-state index contributed by atoms with van der Waals surface area (Å²) in [7, 11) is 0. The first-order chi connectivity index (χ1) is 12.7. The maximum absolute atomic E-state index is 4.77. The Morgan fingerprint density at radius 3 is 2.32 bits per heavy atom. The summed E-state index contributed by atoms with van der Waals surface area (Å²) in [4.78, 5) is 12.7. The SMILES string of the molecule is CC1CC(c2ncc3nccc-3[nH]2)CC(C23CC4CC(CC(C4)C2)C3)N1.Cl.O. The van der Waals surface area contributed by atoms with Gasteiger partial charge in [0, 0.05) is 24.2 Å². The monoisotopic (exact) mass is 404 g/mol. The van der Waals surface area contributed by atoms with Gasteiger partial charge in [-0.2, -0.15) is 0 Å². The molecular formula is C22H33ClN4O. The molecule has 5 nitrogen and oxygen atoms in total. The van der Waals surface area contributed by atoms with E-state index in [4.69, 9.17) is 4.98 Å². The summed E-state index contributed by atoms with van der Waals surface area (Å²) >= 11 is 0. The molecule has 0 aromatic heterocycles. The number of fused-ring (bicyclic) bond motifs is 1. The number of aromatic amines is 1. The van der Waals surface area contributed by atoms with Crippen LogP contribution in [0.2, 0.25) is 0 Å². The van der Waals surface area contributed by atoms with Crippen molar-refractivity contribution in [3.05, 3.63) is 24.3 Å². The molecule has 0 aromatic carbocycles. The average Bonchev–Trinajstić information content (AvgIpc) is 3.08. The van der Waals surface area contributed by atoms with Crippen LogP contribution >= 0.6 is 12.4 Å². The third-order valence-electron chi connectivity index (χ3n) is 8.17. The molecule has 3 atom stereocenters. The molecule has 4 bridgehead atoms. The summed E-state index contributed by atoms with van der Waals surface area (Å²) in [5.41, 5.74) is 2.69. The van der Waals surface area contributed by atoms with Crippen LogP contribution in [0.15, 0.2) is 18.5 Å². The van der Waals surface area contributed by atoms with Crippen molar-refractivity contribution in [3.8, 4) is 11.4 Å². The Bertz CT molecular complexity index is 757. The van der Waals surface area contributed by atoms with Crippen LogP contribution in [0.5, 0.6) is 0 Å². The molecular weight excluding hydrogens is 372 g/mol. The lowest BCUT2D eigenvalue weighted by atomic mass is 9.47. The second kappa shape index (κ2) is 7.26. The Hall–Kier alpha value is -1.17. The third-order valence-corrected chi connectivity index (χ3v) is 8.17. The Morgan fingerprint density at radius 1 is 0.964 bits per heavy atom. The van der Waals surface area contributed by atoms with Crippen LogP contribution < -0.4 is 5.32 Å². The zero-order valence-corrected chi connectivity index (χ0v) is 17.5. The van der Waals surface area contributed by atoms with E-state index in [9.17, 15) is 0 Å². The fourth-order valence-corrected chi connectivity index (χ4v) is 7.61. The van der Waals surface area contributed by atoms with Crippen molar-refractivity contribution >= 4 is 12.4 Å².